The van der Waals surface area contributed by atoms with Gasteiger partial charge in [0, 0.05) is 17.5 Å². The third-order valence-electron chi connectivity index (χ3n) is 5.44. The summed E-state index contributed by atoms with van der Waals surface area (Å²) in [7, 11) is 0. The van der Waals surface area contributed by atoms with E-state index in [4.69, 9.17) is 43.3 Å². The zero-order valence-electron chi connectivity index (χ0n) is 20.7. The average molecular weight is 505 g/mol. The average Bonchev–Trinajstić information content (AvgIpc) is 2.86. The van der Waals surface area contributed by atoms with Crippen LogP contribution >= 0.6 is 11.6 Å². The second kappa shape index (κ2) is 14.5. The minimum atomic E-state index is 0.170. The number of halogens is 1. The topological polar surface area (TPSA) is 116 Å². The van der Waals surface area contributed by atoms with E-state index >= 15 is 0 Å². The number of ether oxygens (including phenoxy) is 2. The number of rotatable bonds is 10. The number of amidine groups is 1. The highest BCUT2D eigenvalue weighted by atomic mass is 35.5. The Kier molecular flexibility index (Phi) is 11.4. The summed E-state index contributed by atoms with van der Waals surface area (Å²) in [6.45, 7) is 8.94. The lowest BCUT2D eigenvalue weighted by Crippen LogP contribution is -2.21. The lowest BCUT2D eigenvalue weighted by Gasteiger charge is -2.15. The Morgan fingerprint density at radius 3 is 2.42 bits per heavy atom. The fraction of sp³-hybridized carbons (Fsp3) is 0.207. The molecule has 7 heteroatoms. The molecular weight excluding hydrogens is 472 g/mol. The first-order valence-electron chi connectivity index (χ1n) is 11.4. The van der Waals surface area contributed by atoms with Gasteiger partial charge >= 0.3 is 0 Å². The van der Waals surface area contributed by atoms with Crippen LogP contribution in [0.2, 0.25) is 5.02 Å². The van der Waals surface area contributed by atoms with Gasteiger partial charge in [0.05, 0.1) is 5.84 Å². The maximum atomic E-state index is 7.53. The number of aryl methyl sites for hydroxylation is 1. The van der Waals surface area contributed by atoms with E-state index < -0.39 is 0 Å². The molecule has 0 saturated heterocycles. The van der Waals surface area contributed by atoms with Crippen molar-refractivity contribution >= 4 is 30.1 Å². The number of benzene rings is 3. The van der Waals surface area contributed by atoms with E-state index in [1.165, 1.54) is 0 Å². The number of allylic oxidation sites excluding steroid dienone is 1. The molecule has 0 aliphatic heterocycles. The first-order chi connectivity index (χ1) is 17.3. The van der Waals surface area contributed by atoms with E-state index in [9.17, 15) is 0 Å². The lowest BCUT2D eigenvalue weighted by molar-refractivity contribution is 0.299. The summed E-state index contributed by atoms with van der Waals surface area (Å²) in [5, 5.41) is 10.3. The normalized spacial score (nSPS) is 11.4. The largest absolute Gasteiger partial charge is 0.489 e. The minimum absolute atomic E-state index is 0.170. The molecule has 0 aliphatic rings. The van der Waals surface area contributed by atoms with E-state index in [1.54, 1.807) is 0 Å². The monoisotopic (exact) mass is 504 g/mol. The molecular formula is C29H33ClN4O2. The highest BCUT2D eigenvalue weighted by molar-refractivity contribution is 6.30. The number of nitrogens with one attached hydrogen (secondary N) is 3. The maximum absolute atomic E-state index is 7.53. The van der Waals surface area contributed by atoms with Gasteiger partial charge in [0.1, 0.15) is 24.7 Å². The molecule has 0 amide bonds. The predicted molar refractivity (Wildman–Crippen MR) is 148 cm³/mol. The van der Waals surface area contributed by atoms with Gasteiger partial charge in [0.25, 0.3) is 0 Å². The van der Waals surface area contributed by atoms with Crippen molar-refractivity contribution in [3.8, 4) is 11.5 Å². The van der Waals surface area contributed by atoms with Crippen LogP contribution in [0.5, 0.6) is 11.5 Å². The third kappa shape index (κ3) is 9.04. The molecule has 0 spiro atoms. The first-order valence-corrected chi connectivity index (χ1v) is 11.8. The number of hydrogen-bond acceptors (Lipinski definition) is 5. The molecule has 0 bridgehead atoms. The van der Waals surface area contributed by atoms with Crippen LogP contribution in [0.4, 0.5) is 0 Å². The second-order valence-corrected chi connectivity index (χ2v) is 8.75. The molecule has 0 atom stereocenters. The fourth-order valence-electron chi connectivity index (χ4n) is 3.58. The van der Waals surface area contributed by atoms with Crippen LogP contribution in [0, 0.1) is 23.4 Å². The van der Waals surface area contributed by atoms with Gasteiger partial charge in [0.15, 0.2) is 0 Å². The standard InChI is InChI=1S/C29H31ClN2O2.H2N2/c1-20(11-12-23-8-5-4-7-21(23)2)18-33-26-9-6-10-27(17-26)34-19-24-16-25(30)15-22(3)28(24)13-14-29(31)32;1-2/h4-12,15-17H,2,13-14,18-19H2,1,3H3,(H3,31,32);1-2H/b20-11+,23-12-;. The van der Waals surface area contributed by atoms with Crippen LogP contribution in [0.15, 0.2) is 72.3 Å². The number of hydrogen-bond donors (Lipinski definition) is 4. The van der Waals surface area contributed by atoms with Gasteiger partial charge in [-0.15, -0.1) is 0 Å². The van der Waals surface area contributed by atoms with Crippen molar-refractivity contribution in [3.05, 3.63) is 104 Å². The number of nitrogens with two attached hydrogens (primary N) is 1. The van der Waals surface area contributed by atoms with Crippen LogP contribution in [-0.4, -0.2) is 12.4 Å². The Morgan fingerprint density at radius 1 is 1.03 bits per heavy atom. The molecule has 0 unspecified atom stereocenters. The smallest absolute Gasteiger partial charge is 0.123 e. The summed E-state index contributed by atoms with van der Waals surface area (Å²) in [4.78, 5) is 0. The summed E-state index contributed by atoms with van der Waals surface area (Å²) in [6.07, 6.45) is 5.29. The van der Waals surface area contributed by atoms with Gasteiger partial charge < -0.3 is 15.2 Å². The fourth-order valence-corrected chi connectivity index (χ4v) is 3.87. The van der Waals surface area contributed by atoms with E-state index in [0.29, 0.717) is 36.8 Å². The van der Waals surface area contributed by atoms with Gasteiger partial charge in [-0.3, -0.25) is 5.41 Å². The van der Waals surface area contributed by atoms with Crippen LogP contribution < -0.4 is 25.6 Å². The van der Waals surface area contributed by atoms with Crippen molar-refractivity contribution in [2.75, 3.05) is 6.61 Å². The van der Waals surface area contributed by atoms with Gasteiger partial charge in [-0.1, -0.05) is 60.7 Å². The molecule has 0 aromatic heterocycles. The van der Waals surface area contributed by atoms with E-state index in [2.05, 4.69) is 18.7 Å². The van der Waals surface area contributed by atoms with Crippen molar-refractivity contribution in [1.29, 1.82) is 16.5 Å². The van der Waals surface area contributed by atoms with Gasteiger partial charge in [0.2, 0.25) is 0 Å². The quantitative estimate of drug-likeness (QED) is 0.156. The van der Waals surface area contributed by atoms with Crippen molar-refractivity contribution in [1.82, 2.24) is 0 Å². The second-order valence-electron chi connectivity index (χ2n) is 8.32. The molecule has 3 aromatic carbocycles. The molecule has 5 N–H and O–H groups in total. The Morgan fingerprint density at radius 2 is 1.72 bits per heavy atom. The van der Waals surface area contributed by atoms with Crippen LogP contribution in [0.3, 0.4) is 0 Å². The highest BCUT2D eigenvalue weighted by Gasteiger charge is 2.10. The SMILES string of the molecule is C=c1cccc/c1=C/C=C(\C)COc1cccc(OCc2cc(Cl)cc(C)c2CCC(=N)N)c1.N=N. The summed E-state index contributed by atoms with van der Waals surface area (Å²) in [6, 6.07) is 19.5. The lowest BCUT2D eigenvalue weighted by atomic mass is 9.98. The molecule has 3 rings (SSSR count). The highest BCUT2D eigenvalue weighted by Crippen LogP contribution is 2.25. The summed E-state index contributed by atoms with van der Waals surface area (Å²) in [5.74, 6) is 1.62. The van der Waals surface area contributed by atoms with Crippen molar-refractivity contribution < 1.29 is 9.47 Å². The first kappa shape index (κ1) is 28.3. The minimum Gasteiger partial charge on any atom is -0.489 e. The molecule has 0 heterocycles. The molecule has 0 saturated carbocycles. The third-order valence-corrected chi connectivity index (χ3v) is 5.66. The zero-order valence-corrected chi connectivity index (χ0v) is 21.5. The van der Waals surface area contributed by atoms with Crippen LogP contribution in [0.25, 0.3) is 12.7 Å². The van der Waals surface area contributed by atoms with Crippen molar-refractivity contribution in [3.63, 3.8) is 0 Å². The Labute approximate surface area is 217 Å². The molecule has 3 aromatic rings. The van der Waals surface area contributed by atoms with Gasteiger partial charge in [-0.05, 0) is 77.2 Å². The van der Waals surface area contributed by atoms with E-state index in [-0.39, 0.29) is 5.84 Å². The van der Waals surface area contributed by atoms with Gasteiger partial charge in [-0.2, -0.15) is 0 Å². The Bertz CT molecular complexity index is 1320. The summed E-state index contributed by atoms with van der Waals surface area (Å²) < 4.78 is 12.0. The van der Waals surface area contributed by atoms with E-state index in [1.807, 2.05) is 74.5 Å². The molecule has 6 nitrogen and oxygen atoms in total. The molecule has 0 aliphatic carbocycles. The zero-order chi connectivity index (χ0) is 26.5. The van der Waals surface area contributed by atoms with Crippen LogP contribution in [-0.2, 0) is 13.0 Å². The molecule has 0 fully saturated rings. The molecule has 36 heavy (non-hydrogen) atoms. The van der Waals surface area contributed by atoms with Crippen LogP contribution in [0.1, 0.15) is 30.0 Å². The van der Waals surface area contributed by atoms with E-state index in [0.717, 1.165) is 38.5 Å². The van der Waals surface area contributed by atoms with Gasteiger partial charge in [-0.25, -0.2) is 11.1 Å². The van der Waals surface area contributed by atoms with Crippen molar-refractivity contribution in [2.24, 2.45) is 5.73 Å². The summed E-state index contributed by atoms with van der Waals surface area (Å²) >= 11 is 6.28. The maximum Gasteiger partial charge on any atom is 0.123 e. The van der Waals surface area contributed by atoms with Crippen molar-refractivity contribution in [2.45, 2.75) is 33.3 Å². The Balaban J connectivity index is 0.00000222. The molecule has 0 radical (unpaired) electrons. The predicted octanol–water partition coefficient (Wildman–Crippen LogP) is 5.91. The Hall–Kier alpha value is -3.90. The summed E-state index contributed by atoms with van der Waals surface area (Å²) in [5.41, 5.74) is 19.8. The molecule has 188 valence electrons.